The third-order valence-corrected chi connectivity index (χ3v) is 2.74. The van der Waals surface area contributed by atoms with Crippen molar-refractivity contribution in [3.05, 3.63) is 18.7 Å². The highest BCUT2D eigenvalue weighted by Gasteiger charge is 2.26. The van der Waals surface area contributed by atoms with Crippen LogP contribution < -0.4 is 5.32 Å². The smallest absolute Gasteiger partial charge is 0.337 e. The van der Waals surface area contributed by atoms with Crippen LogP contribution in [0.5, 0.6) is 0 Å². The maximum Gasteiger partial charge on any atom is 0.389 e. The zero-order valence-electron chi connectivity index (χ0n) is 10.6. The molecule has 6 heteroatoms. The van der Waals surface area contributed by atoms with Gasteiger partial charge in [0.25, 0.3) is 0 Å². The van der Waals surface area contributed by atoms with E-state index >= 15 is 0 Å². The number of hydrogen-bond acceptors (Lipinski definition) is 2. The molecule has 0 aliphatic rings. The molecule has 1 heterocycles. The Morgan fingerprint density at radius 2 is 2.11 bits per heavy atom. The summed E-state index contributed by atoms with van der Waals surface area (Å²) >= 11 is 0. The van der Waals surface area contributed by atoms with Crippen LogP contribution in [0.25, 0.3) is 0 Å². The van der Waals surface area contributed by atoms with E-state index in [-0.39, 0.29) is 12.5 Å². The van der Waals surface area contributed by atoms with Crippen LogP contribution in [0.3, 0.4) is 0 Å². The number of alkyl halides is 3. The first kappa shape index (κ1) is 15.0. The van der Waals surface area contributed by atoms with Gasteiger partial charge in [-0.15, -0.1) is 0 Å². The Labute approximate surface area is 105 Å². The predicted octanol–water partition coefficient (Wildman–Crippen LogP) is 2.98. The second-order valence-electron chi connectivity index (χ2n) is 4.52. The molecular weight excluding hydrogens is 243 g/mol. The van der Waals surface area contributed by atoms with Crippen LogP contribution in [-0.4, -0.2) is 28.3 Å². The van der Waals surface area contributed by atoms with Crippen molar-refractivity contribution in [2.45, 2.75) is 51.4 Å². The molecule has 1 rings (SSSR count). The zero-order chi connectivity index (χ0) is 13.4. The maximum atomic E-state index is 11.9. The molecule has 1 atom stereocenters. The minimum Gasteiger partial charge on any atom is -0.337 e. The van der Waals surface area contributed by atoms with Gasteiger partial charge in [0.2, 0.25) is 0 Å². The molecule has 0 spiro atoms. The van der Waals surface area contributed by atoms with Crippen LogP contribution in [-0.2, 0) is 6.54 Å². The Balaban J connectivity index is 1.98. The molecule has 0 fully saturated rings. The molecule has 104 valence electrons. The second-order valence-corrected chi connectivity index (χ2v) is 4.52. The molecular formula is C12H20F3N3. The molecule has 0 amide bonds. The van der Waals surface area contributed by atoms with E-state index in [0.29, 0.717) is 6.42 Å². The Morgan fingerprint density at radius 1 is 1.33 bits per heavy atom. The van der Waals surface area contributed by atoms with E-state index in [4.69, 9.17) is 0 Å². The van der Waals surface area contributed by atoms with Gasteiger partial charge >= 0.3 is 6.18 Å². The Kier molecular flexibility index (Phi) is 6.18. The average Bonchev–Trinajstić information content (AvgIpc) is 2.75. The van der Waals surface area contributed by atoms with Crippen molar-refractivity contribution in [2.24, 2.45) is 0 Å². The summed E-state index contributed by atoms with van der Waals surface area (Å²) in [5, 5.41) is 3.23. The quantitative estimate of drug-likeness (QED) is 0.731. The summed E-state index contributed by atoms with van der Waals surface area (Å²) < 4.78 is 37.8. The van der Waals surface area contributed by atoms with Gasteiger partial charge in [-0.25, -0.2) is 4.98 Å². The molecule has 1 aromatic rings. The highest BCUT2D eigenvalue weighted by atomic mass is 19.4. The van der Waals surface area contributed by atoms with Gasteiger partial charge in [-0.05, 0) is 32.7 Å². The molecule has 1 N–H and O–H groups in total. The molecule has 3 nitrogen and oxygen atoms in total. The van der Waals surface area contributed by atoms with E-state index in [1.165, 1.54) is 0 Å². The Bertz CT molecular complexity index is 309. The van der Waals surface area contributed by atoms with Gasteiger partial charge in [0.1, 0.15) is 0 Å². The molecule has 1 aromatic heterocycles. The summed E-state index contributed by atoms with van der Waals surface area (Å²) in [5.41, 5.74) is 0. The summed E-state index contributed by atoms with van der Waals surface area (Å²) in [7, 11) is 0. The molecule has 0 aliphatic carbocycles. The standard InChI is InChI=1S/C12H20F3N3/c1-11(4-2-5-12(13,14)15)17-6-3-8-18-9-7-16-10-18/h7,9-11,17H,2-6,8H2,1H3. The number of aryl methyl sites for hydroxylation is 1. The largest absolute Gasteiger partial charge is 0.389 e. The van der Waals surface area contributed by atoms with Crippen LogP contribution in [0.15, 0.2) is 18.7 Å². The minimum atomic E-state index is -4.03. The number of rotatable bonds is 8. The molecule has 0 aromatic carbocycles. The van der Waals surface area contributed by atoms with Crippen LogP contribution in [0.2, 0.25) is 0 Å². The van der Waals surface area contributed by atoms with Crippen LogP contribution >= 0.6 is 0 Å². The van der Waals surface area contributed by atoms with Crippen molar-refractivity contribution in [1.82, 2.24) is 14.9 Å². The molecule has 1 unspecified atom stereocenters. The predicted molar refractivity (Wildman–Crippen MR) is 64.2 cm³/mol. The number of nitrogens with zero attached hydrogens (tertiary/aromatic N) is 2. The molecule has 0 aliphatic heterocycles. The Hall–Kier alpha value is -1.04. The first-order valence-corrected chi connectivity index (χ1v) is 6.23. The molecule has 0 bridgehead atoms. The van der Waals surface area contributed by atoms with Crippen molar-refractivity contribution in [2.75, 3.05) is 6.54 Å². The summed E-state index contributed by atoms with van der Waals surface area (Å²) in [4.78, 5) is 3.94. The van der Waals surface area contributed by atoms with Crippen LogP contribution in [0.1, 0.15) is 32.6 Å². The van der Waals surface area contributed by atoms with Gasteiger partial charge in [0, 0.05) is 31.4 Å². The van der Waals surface area contributed by atoms with E-state index in [2.05, 4.69) is 10.3 Å². The normalized spacial score (nSPS) is 13.8. The summed E-state index contributed by atoms with van der Waals surface area (Å²) in [6.07, 6.45) is 2.37. The van der Waals surface area contributed by atoms with E-state index in [0.717, 1.165) is 19.5 Å². The third kappa shape index (κ3) is 7.32. The lowest BCUT2D eigenvalue weighted by Crippen LogP contribution is -2.28. The topological polar surface area (TPSA) is 29.9 Å². The fraction of sp³-hybridized carbons (Fsp3) is 0.750. The highest BCUT2D eigenvalue weighted by molar-refractivity contribution is 4.74. The number of hydrogen-bond donors (Lipinski definition) is 1. The summed E-state index contributed by atoms with van der Waals surface area (Å²) in [6.45, 7) is 3.61. The first-order chi connectivity index (χ1) is 8.47. The van der Waals surface area contributed by atoms with Crippen molar-refractivity contribution < 1.29 is 13.2 Å². The Morgan fingerprint density at radius 3 is 2.72 bits per heavy atom. The van der Waals surface area contributed by atoms with Gasteiger partial charge in [0.05, 0.1) is 6.33 Å². The van der Waals surface area contributed by atoms with Crippen molar-refractivity contribution in [3.63, 3.8) is 0 Å². The number of imidazole rings is 1. The van der Waals surface area contributed by atoms with Crippen LogP contribution in [0.4, 0.5) is 13.2 Å². The summed E-state index contributed by atoms with van der Waals surface area (Å²) in [6, 6.07) is 0.134. The van der Waals surface area contributed by atoms with Gasteiger partial charge in [-0.3, -0.25) is 0 Å². The average molecular weight is 263 g/mol. The summed E-state index contributed by atoms with van der Waals surface area (Å²) in [5.74, 6) is 0. The molecule has 0 radical (unpaired) electrons. The first-order valence-electron chi connectivity index (χ1n) is 6.23. The lowest BCUT2D eigenvalue weighted by molar-refractivity contribution is -0.135. The molecule has 18 heavy (non-hydrogen) atoms. The number of nitrogens with one attached hydrogen (secondary N) is 1. The van der Waals surface area contributed by atoms with Gasteiger partial charge in [-0.2, -0.15) is 13.2 Å². The van der Waals surface area contributed by atoms with Crippen molar-refractivity contribution in [1.29, 1.82) is 0 Å². The fourth-order valence-corrected chi connectivity index (χ4v) is 1.74. The minimum absolute atomic E-state index is 0.134. The fourth-order valence-electron chi connectivity index (χ4n) is 1.74. The van der Waals surface area contributed by atoms with E-state index in [1.807, 2.05) is 17.7 Å². The van der Waals surface area contributed by atoms with E-state index in [1.54, 1.807) is 12.5 Å². The van der Waals surface area contributed by atoms with E-state index in [9.17, 15) is 13.2 Å². The SMILES string of the molecule is CC(CCCC(F)(F)F)NCCCn1ccnc1. The lowest BCUT2D eigenvalue weighted by Gasteiger charge is -2.14. The lowest BCUT2D eigenvalue weighted by atomic mass is 10.1. The van der Waals surface area contributed by atoms with Gasteiger partial charge in [-0.1, -0.05) is 0 Å². The maximum absolute atomic E-state index is 11.9. The molecule has 0 saturated carbocycles. The second kappa shape index (κ2) is 7.41. The highest BCUT2D eigenvalue weighted by Crippen LogP contribution is 2.22. The van der Waals surface area contributed by atoms with Gasteiger partial charge in [0.15, 0.2) is 0 Å². The van der Waals surface area contributed by atoms with Crippen LogP contribution in [0, 0.1) is 0 Å². The molecule has 0 saturated heterocycles. The third-order valence-electron chi connectivity index (χ3n) is 2.74. The van der Waals surface area contributed by atoms with Crippen molar-refractivity contribution >= 4 is 0 Å². The number of halogens is 3. The van der Waals surface area contributed by atoms with Gasteiger partial charge < -0.3 is 9.88 Å². The number of aromatic nitrogens is 2. The van der Waals surface area contributed by atoms with E-state index < -0.39 is 12.6 Å². The zero-order valence-corrected chi connectivity index (χ0v) is 10.6. The monoisotopic (exact) mass is 263 g/mol. The van der Waals surface area contributed by atoms with Crippen molar-refractivity contribution in [3.8, 4) is 0 Å².